The van der Waals surface area contributed by atoms with E-state index in [9.17, 15) is 18.3 Å². The fourth-order valence-electron chi connectivity index (χ4n) is 2.63. The first-order chi connectivity index (χ1) is 10.3. The van der Waals surface area contributed by atoms with E-state index >= 15 is 0 Å². The van der Waals surface area contributed by atoms with Crippen molar-refractivity contribution in [3.8, 4) is 0 Å². The van der Waals surface area contributed by atoms with E-state index in [1.165, 1.54) is 0 Å². The number of alkyl halides is 3. The Bertz CT molecular complexity index is 580. The highest BCUT2D eigenvalue weighted by atomic mass is 19.4. The first-order valence-electron chi connectivity index (χ1n) is 7.20. The van der Waals surface area contributed by atoms with Crippen molar-refractivity contribution >= 4 is 0 Å². The molecule has 0 spiro atoms. The Hall–Kier alpha value is -1.81. The van der Waals surface area contributed by atoms with Crippen LogP contribution in [0.25, 0.3) is 0 Å². The Morgan fingerprint density at radius 1 is 0.909 bits per heavy atom. The molecule has 0 aliphatic heterocycles. The lowest BCUT2D eigenvalue weighted by atomic mass is 9.82. The molecule has 0 fully saturated rings. The lowest BCUT2D eigenvalue weighted by Gasteiger charge is -2.33. The average Bonchev–Trinajstić information content (AvgIpc) is 2.48. The third-order valence-electron chi connectivity index (χ3n) is 3.88. The van der Waals surface area contributed by atoms with Gasteiger partial charge in [-0.2, -0.15) is 13.2 Å². The van der Waals surface area contributed by atoms with Crippen LogP contribution < -0.4 is 0 Å². The minimum Gasteiger partial charge on any atom is -0.380 e. The van der Waals surface area contributed by atoms with Gasteiger partial charge in [0.2, 0.25) is 0 Å². The Kier molecular flexibility index (Phi) is 4.91. The fourth-order valence-corrected chi connectivity index (χ4v) is 2.63. The molecular weight excluding hydrogens is 289 g/mol. The van der Waals surface area contributed by atoms with Gasteiger partial charge in [0.1, 0.15) is 0 Å². The van der Waals surface area contributed by atoms with Crippen molar-refractivity contribution in [1.82, 2.24) is 0 Å². The van der Waals surface area contributed by atoms with Crippen molar-refractivity contribution in [2.45, 2.75) is 37.5 Å². The van der Waals surface area contributed by atoms with Crippen LogP contribution >= 0.6 is 0 Å². The normalized spacial score (nSPS) is 16.0. The standard InChI is InChI=1S/C18H19F3O/c1-14(16-10-6-3-7-11-16)12-17(22,18(19,20)21)13-15-8-4-2-5-9-15/h2-11,14,22H,12-13H2,1H3. The van der Waals surface area contributed by atoms with Gasteiger partial charge in [-0.1, -0.05) is 67.6 Å². The van der Waals surface area contributed by atoms with Gasteiger partial charge in [-0.25, -0.2) is 0 Å². The van der Waals surface area contributed by atoms with Crippen molar-refractivity contribution in [3.05, 3.63) is 71.8 Å². The Morgan fingerprint density at radius 2 is 1.41 bits per heavy atom. The molecule has 2 aromatic carbocycles. The zero-order chi connectivity index (χ0) is 16.2. The van der Waals surface area contributed by atoms with Crippen molar-refractivity contribution in [2.24, 2.45) is 0 Å². The van der Waals surface area contributed by atoms with E-state index in [2.05, 4.69) is 0 Å². The highest BCUT2D eigenvalue weighted by molar-refractivity contribution is 5.22. The van der Waals surface area contributed by atoms with E-state index in [0.29, 0.717) is 5.56 Å². The SMILES string of the molecule is CC(CC(O)(Cc1ccccc1)C(F)(F)F)c1ccccc1. The summed E-state index contributed by atoms with van der Waals surface area (Å²) in [6.07, 6.45) is -5.48. The largest absolute Gasteiger partial charge is 0.417 e. The summed E-state index contributed by atoms with van der Waals surface area (Å²) in [5, 5.41) is 10.3. The molecule has 0 aliphatic rings. The smallest absolute Gasteiger partial charge is 0.380 e. The van der Waals surface area contributed by atoms with Crippen LogP contribution in [0.1, 0.15) is 30.4 Å². The Labute approximate surface area is 128 Å². The monoisotopic (exact) mass is 308 g/mol. The predicted molar refractivity (Wildman–Crippen MR) is 80.6 cm³/mol. The molecule has 2 unspecified atom stereocenters. The Morgan fingerprint density at radius 3 is 1.91 bits per heavy atom. The molecule has 118 valence electrons. The van der Waals surface area contributed by atoms with E-state index in [4.69, 9.17) is 0 Å². The van der Waals surface area contributed by atoms with Gasteiger partial charge in [0.05, 0.1) is 0 Å². The number of hydrogen-bond acceptors (Lipinski definition) is 1. The number of benzene rings is 2. The summed E-state index contributed by atoms with van der Waals surface area (Å²) in [6, 6.07) is 17.2. The second-order valence-corrected chi connectivity index (χ2v) is 5.71. The van der Waals surface area contributed by atoms with E-state index in [1.807, 2.05) is 6.07 Å². The van der Waals surface area contributed by atoms with Crippen molar-refractivity contribution < 1.29 is 18.3 Å². The van der Waals surface area contributed by atoms with Gasteiger partial charge in [0.15, 0.2) is 5.60 Å². The van der Waals surface area contributed by atoms with Gasteiger partial charge in [-0.05, 0) is 23.5 Å². The summed E-state index contributed by atoms with van der Waals surface area (Å²) in [5.41, 5.74) is -1.47. The zero-order valence-electron chi connectivity index (χ0n) is 12.3. The molecule has 2 aromatic rings. The van der Waals surface area contributed by atoms with Crippen molar-refractivity contribution in [1.29, 1.82) is 0 Å². The van der Waals surface area contributed by atoms with Crippen LogP contribution in [0.3, 0.4) is 0 Å². The van der Waals surface area contributed by atoms with Gasteiger partial charge in [-0.3, -0.25) is 0 Å². The number of halogens is 3. The van der Waals surface area contributed by atoms with Crippen LogP contribution in [0.2, 0.25) is 0 Å². The maximum atomic E-state index is 13.4. The van der Waals surface area contributed by atoms with Crippen LogP contribution in [0, 0.1) is 0 Å². The maximum Gasteiger partial charge on any atom is 0.417 e. The number of aliphatic hydroxyl groups is 1. The summed E-state index contributed by atoms with van der Waals surface area (Å²) in [7, 11) is 0. The molecule has 1 N–H and O–H groups in total. The maximum absolute atomic E-state index is 13.4. The molecule has 22 heavy (non-hydrogen) atoms. The van der Waals surface area contributed by atoms with Gasteiger partial charge < -0.3 is 5.11 Å². The van der Waals surface area contributed by atoms with Crippen molar-refractivity contribution in [2.75, 3.05) is 0 Å². The number of rotatable bonds is 5. The molecule has 0 bridgehead atoms. The third-order valence-corrected chi connectivity index (χ3v) is 3.88. The first kappa shape index (κ1) is 16.6. The average molecular weight is 308 g/mol. The van der Waals surface area contributed by atoms with Gasteiger partial charge in [0.25, 0.3) is 0 Å². The van der Waals surface area contributed by atoms with Crippen LogP contribution in [0.5, 0.6) is 0 Å². The van der Waals surface area contributed by atoms with Crippen LogP contribution in [0.15, 0.2) is 60.7 Å². The van der Waals surface area contributed by atoms with Crippen LogP contribution in [-0.2, 0) is 6.42 Å². The van der Waals surface area contributed by atoms with Gasteiger partial charge >= 0.3 is 6.18 Å². The third kappa shape index (κ3) is 3.89. The predicted octanol–water partition coefficient (Wildman–Crippen LogP) is 4.72. The number of hydrogen-bond donors (Lipinski definition) is 1. The first-order valence-corrected chi connectivity index (χ1v) is 7.20. The molecule has 0 aromatic heterocycles. The molecule has 0 radical (unpaired) electrons. The zero-order valence-corrected chi connectivity index (χ0v) is 12.3. The molecule has 0 saturated heterocycles. The second kappa shape index (κ2) is 6.53. The lowest BCUT2D eigenvalue weighted by molar-refractivity contribution is -0.263. The fraction of sp³-hybridized carbons (Fsp3) is 0.333. The quantitative estimate of drug-likeness (QED) is 0.847. The van der Waals surface area contributed by atoms with Crippen LogP contribution in [0.4, 0.5) is 13.2 Å². The summed E-state index contributed by atoms with van der Waals surface area (Å²) in [4.78, 5) is 0. The molecule has 2 rings (SSSR count). The molecule has 0 heterocycles. The molecular formula is C18H19F3O. The van der Waals surface area contributed by atoms with E-state index in [1.54, 1.807) is 61.5 Å². The highest BCUT2D eigenvalue weighted by Crippen LogP contribution is 2.40. The minimum absolute atomic E-state index is 0.366. The van der Waals surface area contributed by atoms with E-state index in [0.717, 1.165) is 5.56 Å². The van der Waals surface area contributed by atoms with Gasteiger partial charge in [-0.15, -0.1) is 0 Å². The van der Waals surface area contributed by atoms with E-state index < -0.39 is 24.1 Å². The Balaban J connectivity index is 2.23. The molecule has 1 nitrogen and oxygen atoms in total. The molecule has 0 aliphatic carbocycles. The topological polar surface area (TPSA) is 20.2 Å². The summed E-state index contributed by atoms with van der Waals surface area (Å²) < 4.78 is 40.2. The van der Waals surface area contributed by atoms with Gasteiger partial charge in [0, 0.05) is 6.42 Å². The van der Waals surface area contributed by atoms with Crippen LogP contribution in [-0.4, -0.2) is 16.9 Å². The lowest BCUT2D eigenvalue weighted by Crippen LogP contribution is -2.48. The summed E-state index contributed by atoms with van der Waals surface area (Å²) in [6.45, 7) is 1.71. The second-order valence-electron chi connectivity index (χ2n) is 5.71. The molecule has 0 amide bonds. The highest BCUT2D eigenvalue weighted by Gasteiger charge is 2.53. The van der Waals surface area contributed by atoms with E-state index in [-0.39, 0.29) is 6.42 Å². The minimum atomic E-state index is -4.67. The van der Waals surface area contributed by atoms with Crippen molar-refractivity contribution in [3.63, 3.8) is 0 Å². The summed E-state index contributed by atoms with van der Waals surface area (Å²) in [5.74, 6) is -0.392. The molecule has 4 heteroatoms. The summed E-state index contributed by atoms with van der Waals surface area (Å²) >= 11 is 0. The molecule has 2 atom stereocenters. The molecule has 0 saturated carbocycles.